The Kier molecular flexibility index (Phi) is 2.67. The summed E-state index contributed by atoms with van der Waals surface area (Å²) < 4.78 is 50.5. The van der Waals surface area contributed by atoms with Gasteiger partial charge in [0.15, 0.2) is 0 Å². The first-order valence-corrected chi connectivity index (χ1v) is 5.06. The topological polar surface area (TPSA) is 46.2 Å². The summed E-state index contributed by atoms with van der Waals surface area (Å²) in [5.74, 6) is -1.32. The summed E-state index contributed by atoms with van der Waals surface area (Å²) in [7, 11) is 0. The molecular weight excluding hydrogens is 238 g/mol. The lowest BCUT2D eigenvalue weighted by molar-refractivity contribution is -0.140. The molecule has 6 heteroatoms. The van der Waals surface area contributed by atoms with Crippen LogP contribution in [0.1, 0.15) is 24.0 Å². The maximum atomic E-state index is 13.0. The third kappa shape index (κ3) is 2.14. The number of rotatable bonds is 1. The van der Waals surface area contributed by atoms with Crippen molar-refractivity contribution in [2.45, 2.75) is 30.7 Å². The van der Waals surface area contributed by atoms with Crippen LogP contribution < -0.4 is 5.73 Å². The molecule has 1 saturated carbocycles. The van der Waals surface area contributed by atoms with Crippen LogP contribution in [0.2, 0.25) is 0 Å². The molecule has 3 N–H and O–H groups in total. The summed E-state index contributed by atoms with van der Waals surface area (Å²) >= 11 is 0. The van der Waals surface area contributed by atoms with E-state index < -0.39 is 29.2 Å². The number of aliphatic hydroxyl groups is 1. The highest BCUT2D eigenvalue weighted by molar-refractivity contribution is 5.34. The average Bonchev–Trinajstić information content (AvgIpc) is 2.14. The molecule has 0 spiro atoms. The molecule has 1 aromatic carbocycles. The SMILES string of the molecule is NC1(c2ccc(F)c(C(F)(F)F)c2)CC(O)C1. The molecule has 0 heterocycles. The van der Waals surface area contributed by atoms with Crippen molar-refractivity contribution in [2.24, 2.45) is 5.73 Å². The van der Waals surface area contributed by atoms with E-state index in [1.165, 1.54) is 6.07 Å². The van der Waals surface area contributed by atoms with Gasteiger partial charge in [-0.1, -0.05) is 6.07 Å². The third-order valence-corrected chi connectivity index (χ3v) is 3.05. The monoisotopic (exact) mass is 249 g/mol. The Hall–Kier alpha value is -1.14. The Balaban J connectivity index is 2.39. The molecule has 2 nitrogen and oxygen atoms in total. The largest absolute Gasteiger partial charge is 0.419 e. The quantitative estimate of drug-likeness (QED) is 0.749. The van der Waals surface area contributed by atoms with Crippen LogP contribution >= 0.6 is 0 Å². The zero-order valence-corrected chi connectivity index (χ0v) is 8.76. The molecule has 0 unspecified atom stereocenters. The van der Waals surface area contributed by atoms with Gasteiger partial charge < -0.3 is 10.8 Å². The maximum absolute atomic E-state index is 13.0. The van der Waals surface area contributed by atoms with Gasteiger partial charge in [-0.2, -0.15) is 13.2 Å². The highest BCUT2D eigenvalue weighted by atomic mass is 19.4. The Morgan fingerprint density at radius 3 is 2.35 bits per heavy atom. The molecule has 1 aromatic rings. The Labute approximate surface area is 95.0 Å². The van der Waals surface area contributed by atoms with E-state index in [1.807, 2.05) is 0 Å². The Morgan fingerprint density at radius 1 is 1.29 bits per heavy atom. The zero-order chi connectivity index (χ0) is 12.8. The van der Waals surface area contributed by atoms with Crippen LogP contribution in [0.5, 0.6) is 0 Å². The van der Waals surface area contributed by atoms with Gasteiger partial charge in [0.2, 0.25) is 0 Å². The third-order valence-electron chi connectivity index (χ3n) is 3.05. The van der Waals surface area contributed by atoms with Gasteiger partial charge in [-0.3, -0.25) is 0 Å². The summed E-state index contributed by atoms with van der Waals surface area (Å²) in [5, 5.41) is 9.15. The number of aliphatic hydroxyl groups excluding tert-OH is 1. The van der Waals surface area contributed by atoms with E-state index in [-0.39, 0.29) is 18.4 Å². The van der Waals surface area contributed by atoms with Crippen molar-refractivity contribution < 1.29 is 22.7 Å². The number of nitrogens with two attached hydrogens (primary N) is 1. The first-order valence-electron chi connectivity index (χ1n) is 5.06. The van der Waals surface area contributed by atoms with Gasteiger partial charge in [-0.15, -0.1) is 0 Å². The van der Waals surface area contributed by atoms with Gasteiger partial charge in [0, 0.05) is 5.54 Å². The van der Waals surface area contributed by atoms with Crippen LogP contribution in [0.15, 0.2) is 18.2 Å². The predicted octanol–water partition coefficient (Wildman–Crippen LogP) is 2.15. The highest BCUT2D eigenvalue weighted by Crippen LogP contribution is 2.41. The lowest BCUT2D eigenvalue weighted by Crippen LogP contribution is -2.51. The second-order valence-corrected chi connectivity index (χ2v) is 4.41. The summed E-state index contributed by atoms with van der Waals surface area (Å²) in [5.41, 5.74) is 3.73. The Morgan fingerprint density at radius 2 is 1.88 bits per heavy atom. The fraction of sp³-hybridized carbons (Fsp3) is 0.455. The van der Waals surface area contributed by atoms with Gasteiger partial charge in [-0.25, -0.2) is 4.39 Å². The Bertz CT molecular complexity index is 438. The van der Waals surface area contributed by atoms with Crippen molar-refractivity contribution >= 4 is 0 Å². The van der Waals surface area contributed by atoms with Gasteiger partial charge in [0.05, 0.1) is 11.7 Å². The van der Waals surface area contributed by atoms with E-state index in [2.05, 4.69) is 0 Å². The normalized spacial score (nSPS) is 28.9. The fourth-order valence-electron chi connectivity index (χ4n) is 2.07. The number of alkyl halides is 3. The summed E-state index contributed by atoms with van der Waals surface area (Å²) in [4.78, 5) is 0. The first-order chi connectivity index (χ1) is 7.72. The summed E-state index contributed by atoms with van der Waals surface area (Å²) in [6.07, 6.45) is -4.95. The molecule has 0 aliphatic heterocycles. The van der Waals surface area contributed by atoms with E-state index in [1.54, 1.807) is 0 Å². The lowest BCUT2D eigenvalue weighted by atomic mass is 9.70. The molecule has 0 saturated heterocycles. The number of hydrogen-bond acceptors (Lipinski definition) is 2. The van der Waals surface area contributed by atoms with Crippen molar-refractivity contribution in [2.75, 3.05) is 0 Å². The smallest absolute Gasteiger partial charge is 0.393 e. The van der Waals surface area contributed by atoms with Crippen molar-refractivity contribution in [1.82, 2.24) is 0 Å². The molecule has 17 heavy (non-hydrogen) atoms. The van der Waals surface area contributed by atoms with E-state index in [9.17, 15) is 17.6 Å². The van der Waals surface area contributed by atoms with E-state index in [0.29, 0.717) is 0 Å². The first kappa shape index (κ1) is 12.3. The van der Waals surface area contributed by atoms with Gasteiger partial charge in [0.1, 0.15) is 5.82 Å². The minimum Gasteiger partial charge on any atom is -0.393 e. The fourth-order valence-corrected chi connectivity index (χ4v) is 2.07. The second-order valence-electron chi connectivity index (χ2n) is 4.41. The summed E-state index contributed by atoms with van der Waals surface area (Å²) in [6.45, 7) is 0. The molecule has 1 fully saturated rings. The number of hydrogen-bond donors (Lipinski definition) is 2. The minimum atomic E-state index is -4.74. The van der Waals surface area contributed by atoms with E-state index in [4.69, 9.17) is 10.8 Å². The van der Waals surface area contributed by atoms with Crippen LogP contribution in [0.3, 0.4) is 0 Å². The summed E-state index contributed by atoms with van der Waals surface area (Å²) in [6, 6.07) is 2.72. The van der Waals surface area contributed by atoms with Gasteiger partial charge in [-0.05, 0) is 30.5 Å². The highest BCUT2D eigenvalue weighted by Gasteiger charge is 2.43. The lowest BCUT2D eigenvalue weighted by Gasteiger charge is -2.42. The maximum Gasteiger partial charge on any atom is 0.419 e. The van der Waals surface area contributed by atoms with Crippen molar-refractivity contribution in [3.63, 3.8) is 0 Å². The molecule has 94 valence electrons. The van der Waals surface area contributed by atoms with Crippen molar-refractivity contribution in [3.05, 3.63) is 35.1 Å². The molecule has 1 aliphatic rings. The zero-order valence-electron chi connectivity index (χ0n) is 8.76. The van der Waals surface area contributed by atoms with Crippen molar-refractivity contribution in [1.29, 1.82) is 0 Å². The van der Waals surface area contributed by atoms with Crippen LogP contribution in [-0.2, 0) is 11.7 Å². The molecule has 1 aliphatic carbocycles. The standard InChI is InChI=1S/C11H11F4NO/c12-9-2-1-6(3-8(9)11(13,14)15)10(16)4-7(17)5-10/h1-3,7,17H,4-5,16H2. The van der Waals surface area contributed by atoms with Gasteiger partial charge >= 0.3 is 6.18 Å². The average molecular weight is 249 g/mol. The molecule has 0 radical (unpaired) electrons. The minimum absolute atomic E-state index is 0.190. The van der Waals surface area contributed by atoms with E-state index >= 15 is 0 Å². The molecule has 0 aromatic heterocycles. The van der Waals surface area contributed by atoms with Crippen molar-refractivity contribution in [3.8, 4) is 0 Å². The molecule has 0 bridgehead atoms. The van der Waals surface area contributed by atoms with Crippen LogP contribution in [0.25, 0.3) is 0 Å². The molecule has 2 rings (SSSR count). The molecule has 0 atom stereocenters. The van der Waals surface area contributed by atoms with Crippen LogP contribution in [-0.4, -0.2) is 11.2 Å². The van der Waals surface area contributed by atoms with Crippen LogP contribution in [0, 0.1) is 5.82 Å². The predicted molar refractivity (Wildman–Crippen MR) is 52.5 cm³/mol. The molecule has 0 amide bonds. The molecular formula is C11H11F4NO. The second kappa shape index (κ2) is 3.68. The number of benzene rings is 1. The number of halogens is 4. The van der Waals surface area contributed by atoms with Gasteiger partial charge in [0.25, 0.3) is 0 Å². The van der Waals surface area contributed by atoms with E-state index in [0.717, 1.165) is 12.1 Å². The van der Waals surface area contributed by atoms with Crippen LogP contribution in [0.4, 0.5) is 17.6 Å².